The lowest BCUT2D eigenvalue weighted by atomic mass is 10.1. The predicted octanol–water partition coefficient (Wildman–Crippen LogP) is 4.84. The van der Waals surface area contributed by atoms with E-state index in [0.29, 0.717) is 28.0 Å². The van der Waals surface area contributed by atoms with Crippen molar-refractivity contribution in [3.8, 4) is 0 Å². The molecule has 7 nitrogen and oxygen atoms in total. The molecular weight excluding hydrogens is 428 g/mol. The van der Waals surface area contributed by atoms with Crippen LogP contribution in [0, 0.1) is 0 Å². The number of nitrogens with zero attached hydrogens (tertiary/aromatic N) is 3. The number of hydrogen-bond donors (Lipinski definition) is 1. The van der Waals surface area contributed by atoms with E-state index in [1.165, 1.54) is 0 Å². The van der Waals surface area contributed by atoms with Crippen LogP contribution in [-0.2, 0) is 0 Å². The first kappa shape index (κ1) is 19.8. The number of fused-ring (bicyclic) bond motifs is 3. The summed E-state index contributed by atoms with van der Waals surface area (Å²) in [6.07, 6.45) is 0. The van der Waals surface area contributed by atoms with Crippen LogP contribution in [0.1, 0.15) is 31.3 Å². The van der Waals surface area contributed by atoms with Gasteiger partial charge in [0.2, 0.25) is 0 Å². The van der Waals surface area contributed by atoms with Crippen LogP contribution in [0.3, 0.4) is 0 Å². The summed E-state index contributed by atoms with van der Waals surface area (Å²) >= 11 is 0. The number of hydrogen-bond acceptors (Lipinski definition) is 5. The average molecular weight is 444 g/mol. The number of benzene rings is 4. The summed E-state index contributed by atoms with van der Waals surface area (Å²) in [5.41, 5.74) is 2.60. The maximum atomic E-state index is 13.0. The van der Waals surface area contributed by atoms with Gasteiger partial charge in [-0.25, -0.2) is 14.9 Å². The lowest BCUT2D eigenvalue weighted by Gasteiger charge is -2.14. The van der Waals surface area contributed by atoms with Crippen molar-refractivity contribution in [1.29, 1.82) is 0 Å². The van der Waals surface area contributed by atoms with Gasteiger partial charge in [-0.15, -0.1) is 0 Å². The highest BCUT2D eigenvalue weighted by atomic mass is 16.2. The molecule has 0 bridgehead atoms. The van der Waals surface area contributed by atoms with Crippen molar-refractivity contribution in [2.45, 2.75) is 0 Å². The van der Waals surface area contributed by atoms with Crippen molar-refractivity contribution in [2.24, 2.45) is 0 Å². The molecule has 0 spiro atoms. The van der Waals surface area contributed by atoms with E-state index in [4.69, 9.17) is 0 Å². The van der Waals surface area contributed by atoms with E-state index in [0.717, 1.165) is 15.7 Å². The molecule has 1 aromatic heterocycles. The molecule has 6 rings (SSSR count). The fraction of sp³-hybridized carbons (Fsp3) is 0. The Morgan fingerprint density at radius 1 is 0.676 bits per heavy atom. The molecule has 162 valence electrons. The van der Waals surface area contributed by atoms with Gasteiger partial charge in [-0.3, -0.25) is 14.4 Å². The van der Waals surface area contributed by atoms with Crippen LogP contribution >= 0.6 is 0 Å². The van der Waals surface area contributed by atoms with Gasteiger partial charge in [0, 0.05) is 16.6 Å². The SMILES string of the molecule is O=C(Nc1cccc2ccccc12)c1ccc(N2C(=O)c3nc4ccccc4nc3C2=O)cc1. The van der Waals surface area contributed by atoms with Crippen LogP contribution in [0.4, 0.5) is 11.4 Å². The zero-order valence-electron chi connectivity index (χ0n) is 17.7. The largest absolute Gasteiger partial charge is 0.321 e. The van der Waals surface area contributed by atoms with E-state index in [2.05, 4.69) is 15.3 Å². The highest BCUT2D eigenvalue weighted by Crippen LogP contribution is 2.28. The molecule has 0 fully saturated rings. The first-order valence-electron chi connectivity index (χ1n) is 10.6. The van der Waals surface area contributed by atoms with Crippen molar-refractivity contribution in [3.05, 3.63) is 108 Å². The standard InChI is InChI=1S/C27H16N4O3/c32-25(30-20-11-5-7-16-6-1-2-8-19(16)20)17-12-14-18(15-13-17)31-26(33)23-24(27(31)34)29-22-10-4-3-9-21(22)28-23/h1-15H,(H,30,32). The number of aromatic nitrogens is 2. The van der Waals surface area contributed by atoms with Crippen LogP contribution in [0.15, 0.2) is 91.0 Å². The molecule has 1 N–H and O–H groups in total. The highest BCUT2D eigenvalue weighted by Gasteiger charge is 2.40. The van der Waals surface area contributed by atoms with E-state index in [9.17, 15) is 14.4 Å². The first-order chi connectivity index (χ1) is 16.6. The van der Waals surface area contributed by atoms with E-state index in [1.54, 1.807) is 48.5 Å². The van der Waals surface area contributed by atoms with Crippen LogP contribution in [0.2, 0.25) is 0 Å². The fourth-order valence-electron chi connectivity index (χ4n) is 4.13. The van der Waals surface area contributed by atoms with Gasteiger partial charge in [0.15, 0.2) is 11.4 Å². The number of nitrogens with one attached hydrogen (secondary N) is 1. The molecule has 0 radical (unpaired) electrons. The van der Waals surface area contributed by atoms with E-state index in [-0.39, 0.29) is 17.3 Å². The minimum atomic E-state index is -0.536. The van der Waals surface area contributed by atoms with Crippen LogP contribution in [0.25, 0.3) is 21.8 Å². The van der Waals surface area contributed by atoms with Crippen molar-refractivity contribution in [2.75, 3.05) is 10.2 Å². The normalized spacial score (nSPS) is 12.9. The molecule has 0 saturated carbocycles. The Morgan fingerprint density at radius 2 is 1.26 bits per heavy atom. The van der Waals surface area contributed by atoms with Gasteiger partial charge in [0.25, 0.3) is 17.7 Å². The first-order valence-corrected chi connectivity index (χ1v) is 10.6. The molecule has 34 heavy (non-hydrogen) atoms. The number of para-hydroxylation sites is 2. The van der Waals surface area contributed by atoms with Gasteiger partial charge in [-0.05, 0) is 47.9 Å². The second-order valence-corrected chi connectivity index (χ2v) is 7.88. The van der Waals surface area contributed by atoms with Crippen molar-refractivity contribution in [1.82, 2.24) is 9.97 Å². The van der Waals surface area contributed by atoms with E-state index in [1.807, 2.05) is 42.5 Å². The summed E-state index contributed by atoms with van der Waals surface area (Å²) in [4.78, 5) is 48.5. The molecule has 0 aliphatic carbocycles. The number of anilines is 2. The molecular formula is C27H16N4O3. The summed E-state index contributed by atoms with van der Waals surface area (Å²) < 4.78 is 0. The monoisotopic (exact) mass is 444 g/mol. The number of rotatable bonds is 3. The Hall–Kier alpha value is -4.91. The Bertz CT molecular complexity index is 1580. The lowest BCUT2D eigenvalue weighted by Crippen LogP contribution is -2.29. The van der Waals surface area contributed by atoms with Crippen molar-refractivity contribution >= 4 is 50.9 Å². The van der Waals surface area contributed by atoms with Gasteiger partial charge in [-0.2, -0.15) is 0 Å². The molecule has 7 heteroatoms. The van der Waals surface area contributed by atoms with Gasteiger partial charge in [0.1, 0.15) is 0 Å². The van der Waals surface area contributed by atoms with Crippen LogP contribution < -0.4 is 10.2 Å². The molecule has 0 atom stereocenters. The molecule has 0 saturated heterocycles. The van der Waals surface area contributed by atoms with Crippen LogP contribution in [-0.4, -0.2) is 27.7 Å². The summed E-state index contributed by atoms with van der Waals surface area (Å²) in [6, 6.07) is 26.9. The molecule has 3 amide bonds. The molecule has 4 aromatic carbocycles. The Kier molecular flexibility index (Phi) is 4.41. The summed E-state index contributed by atoms with van der Waals surface area (Å²) in [5, 5.41) is 4.90. The minimum absolute atomic E-state index is 0.0291. The van der Waals surface area contributed by atoms with Gasteiger partial charge in [-0.1, -0.05) is 48.5 Å². The smallest absolute Gasteiger partial charge is 0.286 e. The summed E-state index contributed by atoms with van der Waals surface area (Å²) in [7, 11) is 0. The molecule has 5 aromatic rings. The third kappa shape index (κ3) is 3.10. The Labute approximate surface area is 193 Å². The minimum Gasteiger partial charge on any atom is -0.321 e. The zero-order chi connectivity index (χ0) is 23.2. The molecule has 2 heterocycles. The highest BCUT2D eigenvalue weighted by molar-refractivity contribution is 6.33. The molecule has 1 aliphatic rings. The second-order valence-electron chi connectivity index (χ2n) is 7.88. The number of amides is 3. The fourth-order valence-corrected chi connectivity index (χ4v) is 4.13. The number of carbonyl (C=O) groups is 3. The number of carbonyl (C=O) groups excluding carboxylic acids is 3. The van der Waals surface area contributed by atoms with Crippen molar-refractivity contribution in [3.63, 3.8) is 0 Å². The van der Waals surface area contributed by atoms with E-state index >= 15 is 0 Å². The molecule has 1 aliphatic heterocycles. The summed E-state index contributed by atoms with van der Waals surface area (Å²) in [5.74, 6) is -1.36. The van der Waals surface area contributed by atoms with Crippen LogP contribution in [0.5, 0.6) is 0 Å². The second kappa shape index (κ2) is 7.60. The maximum Gasteiger partial charge on any atom is 0.286 e. The third-order valence-electron chi connectivity index (χ3n) is 5.81. The van der Waals surface area contributed by atoms with Gasteiger partial charge >= 0.3 is 0 Å². The maximum absolute atomic E-state index is 13.0. The zero-order valence-corrected chi connectivity index (χ0v) is 17.7. The lowest BCUT2D eigenvalue weighted by molar-refractivity contribution is 0.0922. The van der Waals surface area contributed by atoms with Gasteiger partial charge < -0.3 is 5.32 Å². The predicted molar refractivity (Wildman–Crippen MR) is 129 cm³/mol. The van der Waals surface area contributed by atoms with Gasteiger partial charge in [0.05, 0.1) is 16.7 Å². The van der Waals surface area contributed by atoms with E-state index < -0.39 is 11.8 Å². The summed E-state index contributed by atoms with van der Waals surface area (Å²) in [6.45, 7) is 0. The van der Waals surface area contributed by atoms with Crippen molar-refractivity contribution < 1.29 is 14.4 Å². The third-order valence-corrected chi connectivity index (χ3v) is 5.81. The number of imide groups is 1. The Balaban J connectivity index is 1.28. The topological polar surface area (TPSA) is 92.3 Å². The Morgan fingerprint density at radius 3 is 1.94 bits per heavy atom. The molecule has 0 unspecified atom stereocenters. The quantitative estimate of drug-likeness (QED) is 0.402. The average Bonchev–Trinajstić information content (AvgIpc) is 3.12.